The molecule has 2 heteroatoms. The Bertz CT molecular complexity index is 538. The minimum atomic E-state index is 0.219. The highest BCUT2D eigenvalue weighted by Gasteiger charge is 2.23. The molecule has 0 amide bonds. The zero-order valence-corrected chi connectivity index (χ0v) is 11.5. The van der Waals surface area contributed by atoms with Gasteiger partial charge < -0.3 is 10.0 Å². The van der Waals surface area contributed by atoms with Crippen molar-refractivity contribution in [3.8, 4) is 5.75 Å². The average molecular weight is 243 g/mol. The predicted octanol–water partition coefficient (Wildman–Crippen LogP) is 3.80. The van der Waals surface area contributed by atoms with Crippen LogP contribution in [0.2, 0.25) is 0 Å². The van der Waals surface area contributed by atoms with E-state index in [1.54, 1.807) is 6.07 Å². The van der Waals surface area contributed by atoms with Crippen molar-refractivity contribution in [1.82, 2.24) is 4.90 Å². The van der Waals surface area contributed by atoms with Gasteiger partial charge in [-0.2, -0.15) is 0 Å². The predicted molar refractivity (Wildman–Crippen MR) is 76.9 cm³/mol. The van der Waals surface area contributed by atoms with Crippen molar-refractivity contribution >= 4 is 10.8 Å². The summed E-state index contributed by atoms with van der Waals surface area (Å²) in [5.74, 6) is 0.831. The molecule has 18 heavy (non-hydrogen) atoms. The molecule has 1 N–H and O–H groups in total. The number of hydrogen-bond donors (Lipinski definition) is 1. The van der Waals surface area contributed by atoms with E-state index in [9.17, 15) is 5.11 Å². The first kappa shape index (κ1) is 12.9. The molecular weight excluding hydrogens is 222 g/mol. The van der Waals surface area contributed by atoms with E-state index in [1.807, 2.05) is 18.2 Å². The Morgan fingerprint density at radius 2 is 1.67 bits per heavy atom. The van der Waals surface area contributed by atoms with Gasteiger partial charge in [-0.15, -0.1) is 0 Å². The number of fused-ring (bicyclic) bond motifs is 1. The summed E-state index contributed by atoms with van der Waals surface area (Å²) in [4.78, 5) is 2.17. The Hall–Kier alpha value is -1.54. The Kier molecular flexibility index (Phi) is 3.58. The molecule has 0 aliphatic heterocycles. The van der Waals surface area contributed by atoms with E-state index in [4.69, 9.17) is 0 Å². The Morgan fingerprint density at radius 3 is 2.28 bits per heavy atom. The molecule has 2 nitrogen and oxygen atoms in total. The molecule has 0 saturated heterocycles. The summed E-state index contributed by atoms with van der Waals surface area (Å²) < 4.78 is 0. The lowest BCUT2D eigenvalue weighted by Crippen LogP contribution is -2.24. The molecule has 2 rings (SSSR count). The molecule has 2 aromatic carbocycles. The molecule has 1 unspecified atom stereocenters. The van der Waals surface area contributed by atoms with Crippen molar-refractivity contribution in [3.63, 3.8) is 0 Å². The van der Waals surface area contributed by atoms with Crippen LogP contribution in [0.4, 0.5) is 0 Å². The van der Waals surface area contributed by atoms with Crippen LogP contribution in [0.25, 0.3) is 10.8 Å². The standard InChI is InChI=1S/C16H21NO/c1-11(2)16(17(3)4)15-13-8-6-5-7-12(13)9-10-14(15)18/h5-11,16,18H,1-4H3. The quantitative estimate of drug-likeness (QED) is 0.886. The average Bonchev–Trinajstić information content (AvgIpc) is 2.31. The Morgan fingerprint density at radius 1 is 1.00 bits per heavy atom. The second-order valence-corrected chi connectivity index (χ2v) is 5.37. The second-order valence-electron chi connectivity index (χ2n) is 5.37. The summed E-state index contributed by atoms with van der Waals surface area (Å²) in [7, 11) is 4.12. The van der Waals surface area contributed by atoms with Crippen LogP contribution in [-0.4, -0.2) is 24.1 Å². The van der Waals surface area contributed by atoms with Crippen LogP contribution in [0.3, 0.4) is 0 Å². The number of phenolic OH excluding ortho intramolecular Hbond substituents is 1. The SMILES string of the molecule is CC(C)C(c1c(O)ccc2ccccc12)N(C)C. The number of nitrogens with zero attached hydrogens (tertiary/aromatic N) is 1. The highest BCUT2D eigenvalue weighted by Crippen LogP contribution is 2.38. The van der Waals surface area contributed by atoms with E-state index in [-0.39, 0.29) is 6.04 Å². The zero-order valence-electron chi connectivity index (χ0n) is 11.5. The summed E-state index contributed by atoms with van der Waals surface area (Å²) in [6, 6.07) is 12.2. The fourth-order valence-electron chi connectivity index (χ4n) is 2.78. The Balaban J connectivity index is 2.71. The molecular formula is C16H21NO. The van der Waals surface area contributed by atoms with Crippen molar-refractivity contribution in [2.75, 3.05) is 14.1 Å². The van der Waals surface area contributed by atoms with Gasteiger partial charge in [0.05, 0.1) is 0 Å². The van der Waals surface area contributed by atoms with Crippen LogP contribution in [0, 0.1) is 5.92 Å². The molecule has 1 atom stereocenters. The van der Waals surface area contributed by atoms with Crippen LogP contribution < -0.4 is 0 Å². The monoisotopic (exact) mass is 243 g/mol. The van der Waals surface area contributed by atoms with E-state index >= 15 is 0 Å². The molecule has 0 bridgehead atoms. The summed E-state index contributed by atoms with van der Waals surface area (Å²) in [5, 5.41) is 12.6. The molecule has 0 aromatic heterocycles. The van der Waals surface area contributed by atoms with Gasteiger partial charge in [0.2, 0.25) is 0 Å². The van der Waals surface area contributed by atoms with Crippen molar-refractivity contribution in [2.24, 2.45) is 5.92 Å². The number of phenols is 1. The van der Waals surface area contributed by atoms with Crippen LogP contribution >= 0.6 is 0 Å². The largest absolute Gasteiger partial charge is 0.508 e. The summed E-state index contributed by atoms with van der Waals surface area (Å²) in [6.07, 6.45) is 0. The van der Waals surface area contributed by atoms with Gasteiger partial charge in [-0.3, -0.25) is 0 Å². The van der Waals surface area contributed by atoms with E-state index in [1.165, 1.54) is 5.39 Å². The molecule has 0 heterocycles. The fraction of sp³-hybridized carbons (Fsp3) is 0.375. The van der Waals surface area contributed by atoms with Crippen molar-refractivity contribution in [3.05, 3.63) is 42.0 Å². The van der Waals surface area contributed by atoms with E-state index in [0.29, 0.717) is 11.7 Å². The van der Waals surface area contributed by atoms with Crippen LogP contribution in [0.5, 0.6) is 5.75 Å². The summed E-state index contributed by atoms with van der Waals surface area (Å²) >= 11 is 0. The van der Waals surface area contributed by atoms with Crippen LogP contribution in [0.1, 0.15) is 25.5 Å². The van der Waals surface area contributed by atoms with Gasteiger partial charge in [-0.1, -0.05) is 44.2 Å². The third-order valence-electron chi connectivity index (χ3n) is 3.43. The lowest BCUT2D eigenvalue weighted by atomic mass is 9.90. The molecule has 0 aliphatic carbocycles. The summed E-state index contributed by atoms with van der Waals surface area (Å²) in [5.41, 5.74) is 1.04. The van der Waals surface area contributed by atoms with Crippen molar-refractivity contribution in [1.29, 1.82) is 0 Å². The van der Waals surface area contributed by atoms with Gasteiger partial charge in [0.15, 0.2) is 0 Å². The lowest BCUT2D eigenvalue weighted by Gasteiger charge is -2.30. The highest BCUT2D eigenvalue weighted by atomic mass is 16.3. The smallest absolute Gasteiger partial charge is 0.121 e. The minimum absolute atomic E-state index is 0.219. The van der Waals surface area contributed by atoms with Gasteiger partial charge in [0.1, 0.15) is 5.75 Å². The number of hydrogen-bond acceptors (Lipinski definition) is 2. The third-order valence-corrected chi connectivity index (χ3v) is 3.43. The topological polar surface area (TPSA) is 23.5 Å². The van der Waals surface area contributed by atoms with Crippen LogP contribution in [-0.2, 0) is 0 Å². The minimum Gasteiger partial charge on any atom is -0.508 e. The number of aromatic hydroxyl groups is 1. The van der Waals surface area contributed by atoms with Crippen molar-refractivity contribution in [2.45, 2.75) is 19.9 Å². The first-order valence-electron chi connectivity index (χ1n) is 6.39. The zero-order chi connectivity index (χ0) is 13.3. The maximum atomic E-state index is 10.3. The normalized spacial score (nSPS) is 13.4. The number of benzene rings is 2. The third kappa shape index (κ3) is 2.21. The van der Waals surface area contributed by atoms with Gasteiger partial charge >= 0.3 is 0 Å². The first-order chi connectivity index (χ1) is 8.52. The van der Waals surface area contributed by atoms with E-state index in [2.05, 4.69) is 45.0 Å². The molecule has 0 saturated carbocycles. The van der Waals surface area contributed by atoms with E-state index < -0.39 is 0 Å². The Labute approximate surface area is 109 Å². The molecule has 0 radical (unpaired) electrons. The number of rotatable bonds is 3. The van der Waals surface area contributed by atoms with Crippen LogP contribution in [0.15, 0.2) is 36.4 Å². The maximum absolute atomic E-state index is 10.3. The lowest BCUT2D eigenvalue weighted by molar-refractivity contribution is 0.231. The van der Waals surface area contributed by atoms with Gasteiger partial charge in [0.25, 0.3) is 0 Å². The molecule has 2 aromatic rings. The molecule has 0 aliphatic rings. The maximum Gasteiger partial charge on any atom is 0.121 e. The van der Waals surface area contributed by atoms with Crippen molar-refractivity contribution < 1.29 is 5.11 Å². The van der Waals surface area contributed by atoms with Gasteiger partial charge in [-0.05, 0) is 36.9 Å². The fourth-order valence-corrected chi connectivity index (χ4v) is 2.78. The first-order valence-corrected chi connectivity index (χ1v) is 6.39. The highest BCUT2D eigenvalue weighted by molar-refractivity contribution is 5.88. The molecule has 0 spiro atoms. The second kappa shape index (κ2) is 4.99. The summed E-state index contributed by atoms with van der Waals surface area (Å²) in [6.45, 7) is 4.37. The van der Waals surface area contributed by atoms with E-state index in [0.717, 1.165) is 10.9 Å². The molecule has 0 fully saturated rings. The molecule has 96 valence electrons. The van der Waals surface area contributed by atoms with Gasteiger partial charge in [-0.25, -0.2) is 0 Å². The van der Waals surface area contributed by atoms with Gasteiger partial charge in [0, 0.05) is 11.6 Å².